The summed E-state index contributed by atoms with van der Waals surface area (Å²) in [4.78, 5) is 11.1. The molecule has 2 N–H and O–H groups in total. The van der Waals surface area contributed by atoms with Gasteiger partial charge in [0.25, 0.3) is 0 Å². The quantitative estimate of drug-likeness (QED) is 0.771. The molecule has 0 radical (unpaired) electrons. The lowest BCUT2D eigenvalue weighted by Gasteiger charge is -1.95. The smallest absolute Gasteiger partial charge is 0.142 e. The lowest BCUT2D eigenvalue weighted by molar-refractivity contribution is -0.108. The maximum Gasteiger partial charge on any atom is 0.142 e. The van der Waals surface area contributed by atoms with Crippen LogP contribution in [0.15, 0.2) is 15.9 Å². The van der Waals surface area contributed by atoms with E-state index >= 15 is 0 Å². The highest BCUT2D eigenvalue weighted by Crippen LogP contribution is 2.22. The van der Waals surface area contributed by atoms with Gasteiger partial charge in [-0.15, -0.1) is 11.3 Å². The molecule has 0 spiro atoms. The van der Waals surface area contributed by atoms with Crippen molar-refractivity contribution in [3.05, 3.63) is 20.8 Å². The Bertz CT molecular complexity index is 235. The van der Waals surface area contributed by atoms with Crippen molar-refractivity contribution in [3.63, 3.8) is 0 Å². The molecule has 1 rings (SSSR count). The van der Waals surface area contributed by atoms with Crippen molar-refractivity contribution in [2.45, 2.75) is 6.04 Å². The van der Waals surface area contributed by atoms with E-state index in [1.165, 1.54) is 11.3 Å². The van der Waals surface area contributed by atoms with E-state index in [1.54, 1.807) is 0 Å². The minimum Gasteiger partial charge on any atom is -0.317 e. The number of hydrogen-bond acceptors (Lipinski definition) is 3. The van der Waals surface area contributed by atoms with Gasteiger partial charge in [0.15, 0.2) is 0 Å². The Labute approximate surface area is 71.2 Å². The normalized spacial score (nSPS) is 13.0. The number of carbonyl (C=O) groups is 1. The summed E-state index contributed by atoms with van der Waals surface area (Å²) in [7, 11) is 0. The monoisotopic (exact) mass is 219 g/mol. The predicted octanol–water partition coefficient (Wildman–Crippen LogP) is 1.71. The first-order valence-electron chi connectivity index (χ1n) is 2.69. The number of nitrogens with two attached hydrogens (primary N) is 1. The molecule has 10 heavy (non-hydrogen) atoms. The molecule has 54 valence electrons. The number of rotatable bonds is 2. The molecule has 0 aliphatic heterocycles. The van der Waals surface area contributed by atoms with Gasteiger partial charge < -0.3 is 10.5 Å². The van der Waals surface area contributed by atoms with Crippen LogP contribution in [0.4, 0.5) is 0 Å². The molecule has 1 aromatic heterocycles. The van der Waals surface area contributed by atoms with Crippen LogP contribution >= 0.6 is 27.3 Å². The Morgan fingerprint density at radius 3 is 2.90 bits per heavy atom. The van der Waals surface area contributed by atoms with Gasteiger partial charge in [0.05, 0.1) is 6.04 Å². The number of carbonyl (C=O) groups excluding carboxylic acids is 1. The van der Waals surface area contributed by atoms with Crippen molar-refractivity contribution >= 4 is 33.6 Å². The molecule has 0 amide bonds. The summed E-state index contributed by atoms with van der Waals surface area (Å²) >= 11 is 4.75. The van der Waals surface area contributed by atoms with E-state index in [0.717, 1.165) is 15.6 Å². The zero-order valence-electron chi connectivity index (χ0n) is 5.08. The third-order valence-corrected chi connectivity index (χ3v) is 2.86. The summed E-state index contributed by atoms with van der Waals surface area (Å²) < 4.78 is 0.977. The Kier molecular flexibility index (Phi) is 2.59. The first kappa shape index (κ1) is 7.91. The van der Waals surface area contributed by atoms with E-state index in [2.05, 4.69) is 15.9 Å². The Morgan fingerprint density at radius 2 is 2.50 bits per heavy atom. The van der Waals surface area contributed by atoms with Gasteiger partial charge >= 0.3 is 0 Å². The molecule has 1 aromatic rings. The number of hydrogen-bond donors (Lipinski definition) is 1. The minimum absolute atomic E-state index is 0.462. The maximum atomic E-state index is 10.2. The summed E-state index contributed by atoms with van der Waals surface area (Å²) in [6.07, 6.45) is 0.734. The van der Waals surface area contributed by atoms with Gasteiger partial charge in [0.1, 0.15) is 6.29 Å². The molecule has 1 atom stereocenters. The van der Waals surface area contributed by atoms with E-state index in [-0.39, 0.29) is 0 Å². The van der Waals surface area contributed by atoms with Crippen molar-refractivity contribution in [1.29, 1.82) is 0 Å². The van der Waals surface area contributed by atoms with Gasteiger partial charge in [0.2, 0.25) is 0 Å². The molecule has 0 saturated carbocycles. The fourth-order valence-electron chi connectivity index (χ4n) is 0.570. The van der Waals surface area contributed by atoms with Gasteiger partial charge in [-0.05, 0) is 22.0 Å². The second-order valence-corrected chi connectivity index (χ2v) is 3.69. The number of halogens is 1. The zero-order chi connectivity index (χ0) is 7.56. The van der Waals surface area contributed by atoms with Crippen LogP contribution in [0.1, 0.15) is 10.9 Å². The Morgan fingerprint density at radius 1 is 1.80 bits per heavy atom. The number of aldehydes is 1. The third kappa shape index (κ3) is 1.65. The van der Waals surface area contributed by atoms with Gasteiger partial charge in [-0.3, -0.25) is 0 Å². The van der Waals surface area contributed by atoms with Crippen LogP contribution in [0.25, 0.3) is 0 Å². The van der Waals surface area contributed by atoms with Crippen LogP contribution in [0.5, 0.6) is 0 Å². The van der Waals surface area contributed by atoms with E-state index in [1.807, 2.05) is 11.4 Å². The first-order chi connectivity index (χ1) is 4.74. The maximum absolute atomic E-state index is 10.2. The highest BCUT2D eigenvalue weighted by Gasteiger charge is 2.05. The number of thiophene rings is 1. The highest BCUT2D eigenvalue weighted by atomic mass is 79.9. The van der Waals surface area contributed by atoms with Crippen LogP contribution in [-0.4, -0.2) is 6.29 Å². The van der Waals surface area contributed by atoms with Crippen LogP contribution in [0.2, 0.25) is 0 Å². The summed E-state index contributed by atoms with van der Waals surface area (Å²) in [6, 6.07) is 1.39. The molecule has 0 aliphatic rings. The molecule has 0 fully saturated rings. The summed E-state index contributed by atoms with van der Waals surface area (Å²) in [5.74, 6) is 0. The standard InChI is InChI=1S/C6H6BrNOS/c7-4-1-6(10-3-4)5(8)2-9/h1-3,5H,8H2. The average Bonchev–Trinajstić information content (AvgIpc) is 2.34. The van der Waals surface area contributed by atoms with Crippen LogP contribution in [-0.2, 0) is 4.79 Å². The molecule has 4 heteroatoms. The van der Waals surface area contributed by atoms with Gasteiger partial charge in [-0.2, -0.15) is 0 Å². The molecule has 0 aromatic carbocycles. The molecule has 0 aliphatic carbocycles. The van der Waals surface area contributed by atoms with Crippen molar-refractivity contribution in [2.24, 2.45) is 5.73 Å². The van der Waals surface area contributed by atoms with Crippen LogP contribution < -0.4 is 5.73 Å². The van der Waals surface area contributed by atoms with Gasteiger partial charge in [0, 0.05) is 14.7 Å². The molecular formula is C6H6BrNOS. The zero-order valence-corrected chi connectivity index (χ0v) is 7.48. The second kappa shape index (κ2) is 3.27. The van der Waals surface area contributed by atoms with E-state index in [0.29, 0.717) is 0 Å². The SMILES string of the molecule is NC(C=O)c1cc(Br)cs1. The molecule has 1 heterocycles. The van der Waals surface area contributed by atoms with Crippen LogP contribution in [0, 0.1) is 0 Å². The lowest BCUT2D eigenvalue weighted by atomic mass is 10.3. The predicted molar refractivity (Wildman–Crippen MR) is 45.0 cm³/mol. The molecule has 0 saturated heterocycles. The summed E-state index contributed by atoms with van der Waals surface area (Å²) in [6.45, 7) is 0. The lowest BCUT2D eigenvalue weighted by Crippen LogP contribution is -2.08. The van der Waals surface area contributed by atoms with Crippen molar-refractivity contribution in [2.75, 3.05) is 0 Å². The molecule has 2 nitrogen and oxygen atoms in total. The first-order valence-corrected chi connectivity index (χ1v) is 4.36. The van der Waals surface area contributed by atoms with E-state index in [9.17, 15) is 4.79 Å². The molecule has 1 unspecified atom stereocenters. The molecule has 0 bridgehead atoms. The van der Waals surface area contributed by atoms with Crippen molar-refractivity contribution in [1.82, 2.24) is 0 Å². The fourth-order valence-corrected chi connectivity index (χ4v) is 1.97. The highest BCUT2D eigenvalue weighted by molar-refractivity contribution is 9.10. The third-order valence-electron chi connectivity index (χ3n) is 1.06. The summed E-state index contributed by atoms with van der Waals surface area (Å²) in [5, 5.41) is 1.90. The van der Waals surface area contributed by atoms with Crippen molar-refractivity contribution in [3.8, 4) is 0 Å². The van der Waals surface area contributed by atoms with Crippen molar-refractivity contribution < 1.29 is 4.79 Å². The van der Waals surface area contributed by atoms with Crippen LogP contribution in [0.3, 0.4) is 0 Å². The van der Waals surface area contributed by atoms with Gasteiger partial charge in [-0.25, -0.2) is 0 Å². The van der Waals surface area contributed by atoms with Gasteiger partial charge in [-0.1, -0.05) is 0 Å². The van der Waals surface area contributed by atoms with E-state index < -0.39 is 6.04 Å². The summed E-state index contributed by atoms with van der Waals surface area (Å²) in [5.41, 5.74) is 5.43. The Balaban J connectivity index is 2.84. The second-order valence-electron chi connectivity index (χ2n) is 1.83. The largest absolute Gasteiger partial charge is 0.317 e. The Hall–Kier alpha value is -0.190. The minimum atomic E-state index is -0.462. The topological polar surface area (TPSA) is 43.1 Å². The fraction of sp³-hybridized carbons (Fsp3) is 0.167. The average molecular weight is 220 g/mol. The molecular weight excluding hydrogens is 214 g/mol. The van der Waals surface area contributed by atoms with E-state index in [4.69, 9.17) is 5.73 Å².